The van der Waals surface area contributed by atoms with Crippen molar-refractivity contribution in [3.05, 3.63) is 60.3 Å². The molecule has 0 saturated heterocycles. The third-order valence-electron chi connectivity index (χ3n) is 6.48. The first-order valence-corrected chi connectivity index (χ1v) is 11.3. The molecule has 33 heavy (non-hydrogen) atoms. The molecule has 7 nitrogen and oxygen atoms in total. The zero-order valence-electron chi connectivity index (χ0n) is 19.4. The van der Waals surface area contributed by atoms with Crippen molar-refractivity contribution < 1.29 is 19.4 Å². The molecule has 0 unspecified atom stereocenters. The molecule has 0 aliphatic heterocycles. The van der Waals surface area contributed by atoms with E-state index in [-0.39, 0.29) is 18.4 Å². The van der Waals surface area contributed by atoms with Gasteiger partial charge in [0.1, 0.15) is 17.2 Å². The highest BCUT2D eigenvalue weighted by molar-refractivity contribution is 6.00. The van der Waals surface area contributed by atoms with Gasteiger partial charge in [-0.2, -0.15) is 5.10 Å². The fraction of sp³-hybridized carbons (Fsp3) is 0.385. The van der Waals surface area contributed by atoms with Crippen LogP contribution in [0.4, 0.5) is 0 Å². The summed E-state index contributed by atoms with van der Waals surface area (Å²) in [5, 5.41) is 18.6. The topological polar surface area (TPSA) is 85.6 Å². The summed E-state index contributed by atoms with van der Waals surface area (Å²) in [5.74, 6) is 1.12. The molecular weight excluding hydrogens is 418 g/mol. The second kappa shape index (κ2) is 9.67. The number of methoxy groups -OCH3 is 2. The van der Waals surface area contributed by atoms with Gasteiger partial charge in [0.15, 0.2) is 0 Å². The van der Waals surface area contributed by atoms with Gasteiger partial charge in [-0.15, -0.1) is 0 Å². The molecule has 4 rings (SSSR count). The summed E-state index contributed by atoms with van der Waals surface area (Å²) in [7, 11) is 3.17. The van der Waals surface area contributed by atoms with E-state index in [0.29, 0.717) is 28.3 Å². The number of carbonyl (C=O) groups excluding carboxylic acids is 1. The molecule has 1 saturated carbocycles. The van der Waals surface area contributed by atoms with Crippen LogP contribution in [0.2, 0.25) is 0 Å². The van der Waals surface area contributed by atoms with Gasteiger partial charge in [0, 0.05) is 24.4 Å². The Morgan fingerprint density at radius 2 is 1.88 bits per heavy atom. The fourth-order valence-corrected chi connectivity index (χ4v) is 4.49. The zero-order valence-corrected chi connectivity index (χ0v) is 19.4. The fourth-order valence-electron chi connectivity index (χ4n) is 4.49. The summed E-state index contributed by atoms with van der Waals surface area (Å²) in [5.41, 5.74) is 1.48. The molecule has 0 radical (unpaired) electrons. The summed E-state index contributed by atoms with van der Waals surface area (Å²) in [4.78, 5) is 13.3. The van der Waals surface area contributed by atoms with E-state index in [9.17, 15) is 9.90 Å². The van der Waals surface area contributed by atoms with Crippen LogP contribution >= 0.6 is 0 Å². The van der Waals surface area contributed by atoms with E-state index in [1.165, 1.54) is 0 Å². The van der Waals surface area contributed by atoms with Gasteiger partial charge in [-0.1, -0.05) is 31.0 Å². The monoisotopic (exact) mass is 449 g/mol. The van der Waals surface area contributed by atoms with Gasteiger partial charge in [-0.3, -0.25) is 4.79 Å². The Balaban J connectivity index is 1.69. The lowest BCUT2D eigenvalue weighted by molar-refractivity contribution is 0.00285. The molecule has 7 heteroatoms. The van der Waals surface area contributed by atoms with Crippen molar-refractivity contribution in [2.24, 2.45) is 5.92 Å². The van der Waals surface area contributed by atoms with Crippen LogP contribution in [0.25, 0.3) is 16.9 Å². The Morgan fingerprint density at radius 3 is 2.55 bits per heavy atom. The molecule has 1 aliphatic rings. The summed E-state index contributed by atoms with van der Waals surface area (Å²) < 4.78 is 12.6. The van der Waals surface area contributed by atoms with Crippen molar-refractivity contribution >= 4 is 5.91 Å². The number of ether oxygens (including phenoxy) is 2. The Labute approximate surface area is 194 Å². The molecule has 1 amide bonds. The number of hydrogen-bond acceptors (Lipinski definition) is 5. The normalized spacial score (nSPS) is 15.8. The quantitative estimate of drug-likeness (QED) is 0.538. The molecular formula is C26H31N3O4. The first kappa shape index (κ1) is 22.9. The maximum atomic E-state index is 13.3. The molecule has 2 N–H and O–H groups in total. The van der Waals surface area contributed by atoms with Gasteiger partial charge < -0.3 is 19.9 Å². The van der Waals surface area contributed by atoms with Crippen LogP contribution in [0.5, 0.6) is 11.5 Å². The lowest BCUT2D eigenvalue weighted by atomic mass is 9.87. The van der Waals surface area contributed by atoms with Crippen LogP contribution in [-0.2, 0) is 0 Å². The van der Waals surface area contributed by atoms with Crippen LogP contribution in [0, 0.1) is 5.92 Å². The van der Waals surface area contributed by atoms with E-state index in [2.05, 4.69) is 5.32 Å². The molecule has 1 fully saturated rings. The molecule has 1 aromatic heterocycles. The Morgan fingerprint density at radius 1 is 1.15 bits per heavy atom. The van der Waals surface area contributed by atoms with Gasteiger partial charge in [0.2, 0.25) is 0 Å². The number of para-hydroxylation sites is 1. The van der Waals surface area contributed by atoms with E-state index in [1.54, 1.807) is 31.2 Å². The average Bonchev–Trinajstić information content (AvgIpc) is 3.54. The van der Waals surface area contributed by atoms with E-state index in [1.807, 2.05) is 49.4 Å². The summed E-state index contributed by atoms with van der Waals surface area (Å²) >= 11 is 0. The molecule has 174 valence electrons. The molecule has 0 bridgehead atoms. The molecule has 3 aromatic rings. The molecule has 1 atom stereocenters. The minimum absolute atomic E-state index is 0.187. The summed E-state index contributed by atoms with van der Waals surface area (Å²) in [6.07, 6.45) is 5.94. The number of hydrogen-bond donors (Lipinski definition) is 2. The van der Waals surface area contributed by atoms with Crippen molar-refractivity contribution in [3.8, 4) is 28.4 Å². The lowest BCUT2D eigenvalue weighted by Gasteiger charge is -2.30. The van der Waals surface area contributed by atoms with E-state index in [4.69, 9.17) is 14.6 Å². The van der Waals surface area contributed by atoms with Gasteiger partial charge in [-0.25, -0.2) is 4.68 Å². The predicted molar refractivity (Wildman–Crippen MR) is 127 cm³/mol. The number of benzene rings is 2. The number of aromatic nitrogens is 2. The number of rotatable bonds is 8. The minimum atomic E-state index is -0.945. The number of nitrogens with zero attached hydrogens (tertiary/aromatic N) is 2. The van der Waals surface area contributed by atoms with E-state index in [0.717, 1.165) is 31.4 Å². The second-order valence-corrected chi connectivity index (χ2v) is 8.76. The third kappa shape index (κ3) is 4.88. The van der Waals surface area contributed by atoms with Crippen molar-refractivity contribution in [1.29, 1.82) is 0 Å². The molecule has 1 heterocycles. The maximum Gasteiger partial charge on any atom is 0.255 e. The van der Waals surface area contributed by atoms with Crippen LogP contribution in [0.3, 0.4) is 0 Å². The average molecular weight is 450 g/mol. The zero-order chi connectivity index (χ0) is 23.4. The van der Waals surface area contributed by atoms with Crippen molar-refractivity contribution in [2.75, 3.05) is 20.8 Å². The number of aliphatic hydroxyl groups is 1. The van der Waals surface area contributed by atoms with Gasteiger partial charge >= 0.3 is 0 Å². The van der Waals surface area contributed by atoms with Crippen LogP contribution < -0.4 is 14.8 Å². The smallest absolute Gasteiger partial charge is 0.255 e. The highest BCUT2D eigenvalue weighted by atomic mass is 16.5. The SMILES string of the molecule is COc1ccc(-c2nn(-c3ccccc3)cc2C(=O)NC[C@@](C)(O)C2CCCC2)c(OC)c1. The Hall–Kier alpha value is -3.32. The largest absolute Gasteiger partial charge is 0.497 e. The van der Waals surface area contributed by atoms with Crippen LogP contribution in [0.1, 0.15) is 43.0 Å². The van der Waals surface area contributed by atoms with Gasteiger partial charge in [0.25, 0.3) is 5.91 Å². The van der Waals surface area contributed by atoms with Gasteiger partial charge in [0.05, 0.1) is 31.1 Å². The van der Waals surface area contributed by atoms with Gasteiger partial charge in [-0.05, 0) is 49.9 Å². The summed E-state index contributed by atoms with van der Waals surface area (Å²) in [6.45, 7) is 2.00. The van der Waals surface area contributed by atoms with Crippen molar-refractivity contribution in [2.45, 2.75) is 38.2 Å². The minimum Gasteiger partial charge on any atom is -0.497 e. The maximum absolute atomic E-state index is 13.3. The standard InChI is InChI=1S/C26H31N3O4/c1-26(31,18-9-7-8-10-18)17-27-25(30)22-16-29(19-11-5-4-6-12-19)28-24(22)21-14-13-20(32-2)15-23(21)33-3/h4-6,11-16,18,31H,7-10,17H2,1-3H3,(H,27,30)/t26-/m1/s1. The van der Waals surface area contributed by atoms with Crippen LogP contribution in [-0.4, -0.2) is 47.2 Å². The highest BCUT2D eigenvalue weighted by Gasteiger charge is 2.34. The number of amides is 1. The van der Waals surface area contributed by atoms with Crippen molar-refractivity contribution in [3.63, 3.8) is 0 Å². The first-order valence-electron chi connectivity index (χ1n) is 11.3. The molecule has 0 spiro atoms. The first-order chi connectivity index (χ1) is 15.9. The summed E-state index contributed by atoms with van der Waals surface area (Å²) in [6, 6.07) is 15.0. The lowest BCUT2D eigenvalue weighted by Crippen LogP contribution is -2.45. The number of nitrogens with one attached hydrogen (secondary N) is 1. The Bertz CT molecular complexity index is 1100. The molecule has 2 aromatic carbocycles. The van der Waals surface area contributed by atoms with Crippen molar-refractivity contribution in [1.82, 2.24) is 15.1 Å². The molecule has 1 aliphatic carbocycles. The third-order valence-corrected chi connectivity index (χ3v) is 6.48. The predicted octanol–water partition coefficient (Wildman–Crippen LogP) is 4.23. The Kier molecular flexibility index (Phi) is 6.70. The second-order valence-electron chi connectivity index (χ2n) is 8.76. The number of carbonyl (C=O) groups is 1. The highest BCUT2D eigenvalue weighted by Crippen LogP contribution is 2.36. The van der Waals surface area contributed by atoms with E-state index < -0.39 is 5.60 Å². The van der Waals surface area contributed by atoms with Crippen LogP contribution in [0.15, 0.2) is 54.7 Å². The van der Waals surface area contributed by atoms with E-state index >= 15 is 0 Å².